The van der Waals surface area contributed by atoms with Gasteiger partial charge in [0.15, 0.2) is 11.5 Å². The van der Waals surface area contributed by atoms with E-state index in [9.17, 15) is 26.3 Å². The van der Waals surface area contributed by atoms with Crippen LogP contribution in [0, 0.1) is 0 Å². The second-order valence-corrected chi connectivity index (χ2v) is 7.50. The van der Waals surface area contributed by atoms with E-state index in [4.69, 9.17) is 0 Å². The SMILES string of the molecule is CCCc1ccc(-c2ccc(C(F)(F)C(F)(F)c3ccc4c(c3)OC(F)(F)O4)cc2)cc1. The minimum Gasteiger partial charge on any atom is -0.395 e. The Bertz CT molecular complexity index is 1110. The molecule has 2 nitrogen and oxygen atoms in total. The highest BCUT2D eigenvalue weighted by atomic mass is 19.3. The van der Waals surface area contributed by atoms with E-state index in [-0.39, 0.29) is 0 Å². The van der Waals surface area contributed by atoms with Crippen molar-refractivity contribution in [2.75, 3.05) is 0 Å². The molecule has 1 heterocycles. The van der Waals surface area contributed by atoms with Gasteiger partial charge in [-0.1, -0.05) is 61.9 Å². The summed E-state index contributed by atoms with van der Waals surface area (Å²) in [5.41, 5.74) is 0.430. The van der Waals surface area contributed by atoms with Crippen molar-refractivity contribution in [3.63, 3.8) is 0 Å². The monoisotopic (exact) mass is 452 g/mol. The minimum atomic E-state index is -4.69. The first-order chi connectivity index (χ1) is 15.0. The maximum atomic E-state index is 14.8. The van der Waals surface area contributed by atoms with E-state index in [0.29, 0.717) is 17.7 Å². The Morgan fingerprint density at radius 3 is 1.78 bits per heavy atom. The first-order valence-corrected chi connectivity index (χ1v) is 9.89. The van der Waals surface area contributed by atoms with Crippen LogP contribution in [0.5, 0.6) is 11.5 Å². The van der Waals surface area contributed by atoms with Crippen LogP contribution < -0.4 is 9.47 Å². The largest absolute Gasteiger partial charge is 0.586 e. The summed E-state index contributed by atoms with van der Waals surface area (Å²) in [4.78, 5) is 0. The number of ether oxygens (including phenoxy) is 2. The average molecular weight is 452 g/mol. The van der Waals surface area contributed by atoms with Gasteiger partial charge in [-0.15, -0.1) is 8.78 Å². The van der Waals surface area contributed by atoms with E-state index in [1.807, 2.05) is 24.3 Å². The lowest BCUT2D eigenvalue weighted by molar-refractivity contribution is -0.286. The van der Waals surface area contributed by atoms with Crippen LogP contribution in [0.1, 0.15) is 30.0 Å². The number of hydrogen-bond donors (Lipinski definition) is 0. The zero-order valence-corrected chi connectivity index (χ0v) is 16.8. The van der Waals surface area contributed by atoms with Gasteiger partial charge in [0.05, 0.1) is 0 Å². The molecule has 1 aliphatic heterocycles. The smallest absolute Gasteiger partial charge is 0.395 e. The molecular weight excluding hydrogens is 434 g/mol. The van der Waals surface area contributed by atoms with Crippen LogP contribution in [0.25, 0.3) is 11.1 Å². The number of alkyl halides is 6. The molecule has 0 aromatic heterocycles. The number of benzene rings is 3. The highest BCUT2D eigenvalue weighted by Gasteiger charge is 2.59. The molecule has 168 valence electrons. The molecule has 0 aliphatic carbocycles. The van der Waals surface area contributed by atoms with Gasteiger partial charge in [-0.25, -0.2) is 0 Å². The second kappa shape index (κ2) is 7.76. The molecule has 0 N–H and O–H groups in total. The molecule has 0 amide bonds. The molecule has 4 rings (SSSR count). The van der Waals surface area contributed by atoms with Gasteiger partial charge in [-0.2, -0.15) is 17.6 Å². The first kappa shape index (κ1) is 22.0. The molecule has 32 heavy (non-hydrogen) atoms. The molecular formula is C24H18F6O2. The normalized spacial score (nSPS) is 15.1. The topological polar surface area (TPSA) is 18.5 Å². The predicted octanol–water partition coefficient (Wildman–Crippen LogP) is 7.51. The van der Waals surface area contributed by atoms with Gasteiger partial charge in [-0.3, -0.25) is 0 Å². The van der Waals surface area contributed by atoms with Gasteiger partial charge in [0, 0.05) is 11.1 Å². The lowest BCUT2D eigenvalue weighted by Gasteiger charge is -2.27. The summed E-state index contributed by atoms with van der Waals surface area (Å²) in [6.07, 6.45) is -2.13. The third-order valence-electron chi connectivity index (χ3n) is 5.23. The molecule has 0 unspecified atom stereocenters. The molecule has 0 saturated heterocycles. The zero-order chi connectivity index (χ0) is 23.1. The molecule has 8 heteroatoms. The minimum absolute atomic E-state index is 0.441. The molecule has 0 spiro atoms. The Morgan fingerprint density at radius 2 is 1.19 bits per heavy atom. The van der Waals surface area contributed by atoms with Crippen molar-refractivity contribution in [3.05, 3.63) is 83.4 Å². The lowest BCUT2D eigenvalue weighted by Crippen LogP contribution is -2.35. The maximum absolute atomic E-state index is 14.8. The summed E-state index contributed by atoms with van der Waals surface area (Å²) in [7, 11) is 0. The van der Waals surface area contributed by atoms with E-state index in [2.05, 4.69) is 16.4 Å². The fraction of sp³-hybridized carbons (Fsp3) is 0.250. The van der Waals surface area contributed by atoms with Crippen LogP contribution in [-0.4, -0.2) is 6.29 Å². The summed E-state index contributed by atoms with van der Waals surface area (Å²) in [6.45, 7) is 2.06. The molecule has 0 atom stereocenters. The summed E-state index contributed by atoms with van der Waals surface area (Å²) in [5.74, 6) is -10.5. The zero-order valence-electron chi connectivity index (χ0n) is 16.8. The van der Waals surface area contributed by atoms with Crippen molar-refractivity contribution < 1.29 is 35.8 Å². The first-order valence-electron chi connectivity index (χ1n) is 9.89. The number of rotatable bonds is 6. The molecule has 0 saturated carbocycles. The predicted molar refractivity (Wildman–Crippen MR) is 106 cm³/mol. The molecule has 3 aromatic carbocycles. The van der Waals surface area contributed by atoms with Gasteiger partial charge in [0.25, 0.3) is 0 Å². The van der Waals surface area contributed by atoms with E-state index in [1.165, 1.54) is 12.1 Å². The van der Waals surface area contributed by atoms with Crippen LogP contribution >= 0.6 is 0 Å². The Balaban J connectivity index is 1.60. The van der Waals surface area contributed by atoms with Crippen molar-refractivity contribution in [1.82, 2.24) is 0 Å². The summed E-state index contributed by atoms with van der Waals surface area (Å²) >= 11 is 0. The Kier molecular flexibility index (Phi) is 5.35. The number of aryl methyl sites for hydroxylation is 1. The van der Waals surface area contributed by atoms with Gasteiger partial charge in [0.1, 0.15) is 0 Å². The average Bonchev–Trinajstić information content (AvgIpc) is 3.07. The molecule has 1 aliphatic rings. The number of hydrogen-bond acceptors (Lipinski definition) is 2. The van der Waals surface area contributed by atoms with Crippen LogP contribution in [0.15, 0.2) is 66.7 Å². The van der Waals surface area contributed by atoms with E-state index in [1.54, 1.807) is 0 Å². The molecule has 3 aromatic rings. The Morgan fingerprint density at radius 1 is 0.688 bits per heavy atom. The van der Waals surface area contributed by atoms with Crippen LogP contribution in [0.2, 0.25) is 0 Å². The summed E-state index contributed by atoms with van der Waals surface area (Å²) in [5, 5.41) is 0. The van der Waals surface area contributed by atoms with Crippen LogP contribution in [-0.2, 0) is 18.3 Å². The van der Waals surface area contributed by atoms with Crippen molar-refractivity contribution in [1.29, 1.82) is 0 Å². The summed E-state index contributed by atoms with van der Waals surface area (Å²) in [6, 6.07) is 13.9. The molecule has 0 fully saturated rings. The van der Waals surface area contributed by atoms with Crippen LogP contribution in [0.3, 0.4) is 0 Å². The Hall–Kier alpha value is -3.16. The van der Waals surface area contributed by atoms with Gasteiger partial charge < -0.3 is 9.47 Å². The number of fused-ring (bicyclic) bond motifs is 1. The maximum Gasteiger partial charge on any atom is 0.586 e. The van der Waals surface area contributed by atoms with Gasteiger partial charge in [0.2, 0.25) is 0 Å². The quantitative estimate of drug-likeness (QED) is 0.360. The molecule has 0 radical (unpaired) electrons. The summed E-state index contributed by atoms with van der Waals surface area (Å²) < 4.78 is 93.7. The van der Waals surface area contributed by atoms with Crippen LogP contribution in [0.4, 0.5) is 26.3 Å². The van der Waals surface area contributed by atoms with Gasteiger partial charge >= 0.3 is 18.1 Å². The highest BCUT2D eigenvalue weighted by Crippen LogP contribution is 2.52. The third-order valence-corrected chi connectivity index (χ3v) is 5.23. The molecule has 0 bridgehead atoms. The van der Waals surface area contributed by atoms with E-state index in [0.717, 1.165) is 42.2 Å². The number of halogens is 6. The van der Waals surface area contributed by atoms with Crippen molar-refractivity contribution in [2.24, 2.45) is 0 Å². The van der Waals surface area contributed by atoms with Crippen molar-refractivity contribution in [3.8, 4) is 22.6 Å². The fourth-order valence-corrected chi connectivity index (χ4v) is 3.53. The van der Waals surface area contributed by atoms with Gasteiger partial charge in [-0.05, 0) is 41.3 Å². The van der Waals surface area contributed by atoms with Crippen molar-refractivity contribution >= 4 is 0 Å². The van der Waals surface area contributed by atoms with Crippen molar-refractivity contribution in [2.45, 2.75) is 37.9 Å². The van der Waals surface area contributed by atoms with E-state index >= 15 is 0 Å². The highest BCUT2D eigenvalue weighted by molar-refractivity contribution is 5.64. The third kappa shape index (κ3) is 3.89. The lowest BCUT2D eigenvalue weighted by atomic mass is 9.94. The fourth-order valence-electron chi connectivity index (χ4n) is 3.53. The standard InChI is InChI=1S/C24H18F6O2/c1-2-3-15-4-6-16(7-5-15)17-8-10-18(11-9-17)22(25,26)23(27,28)19-12-13-20-21(14-19)32-24(29,30)31-20/h4-14H,2-3H2,1H3. The Labute approximate surface area is 180 Å². The second-order valence-electron chi connectivity index (χ2n) is 7.50. The van der Waals surface area contributed by atoms with E-state index < -0.39 is 40.8 Å².